The molecule has 0 amide bonds. The number of rotatable bonds is 5. The molecule has 20 heavy (non-hydrogen) atoms. The lowest BCUT2D eigenvalue weighted by atomic mass is 10.1. The van der Waals surface area contributed by atoms with Crippen LogP contribution in [0.25, 0.3) is 17.0 Å². The summed E-state index contributed by atoms with van der Waals surface area (Å²) in [7, 11) is 0. The van der Waals surface area contributed by atoms with Crippen molar-refractivity contribution < 1.29 is 23.8 Å². The van der Waals surface area contributed by atoms with Crippen LogP contribution in [0.5, 0.6) is 0 Å². The quantitative estimate of drug-likeness (QED) is 0.848. The third-order valence-electron chi connectivity index (χ3n) is 2.65. The summed E-state index contributed by atoms with van der Waals surface area (Å²) < 4.78 is 9.97. The summed E-state index contributed by atoms with van der Waals surface area (Å²) in [5, 5.41) is 9.56. The van der Waals surface area contributed by atoms with Crippen molar-refractivity contribution in [3.05, 3.63) is 41.7 Å². The van der Waals surface area contributed by atoms with E-state index in [1.54, 1.807) is 37.3 Å². The zero-order chi connectivity index (χ0) is 14.5. The molecule has 1 aromatic heterocycles. The number of benzene rings is 1. The van der Waals surface area contributed by atoms with E-state index in [9.17, 15) is 9.59 Å². The van der Waals surface area contributed by atoms with Gasteiger partial charge in [-0.3, -0.25) is 4.79 Å². The van der Waals surface area contributed by atoms with Gasteiger partial charge in [0.25, 0.3) is 0 Å². The van der Waals surface area contributed by atoms with Gasteiger partial charge in [-0.1, -0.05) is 18.2 Å². The first kappa shape index (κ1) is 13.9. The predicted molar refractivity (Wildman–Crippen MR) is 73.5 cm³/mol. The molecule has 0 aliphatic heterocycles. The van der Waals surface area contributed by atoms with Crippen LogP contribution in [0.3, 0.4) is 0 Å². The molecule has 0 saturated heterocycles. The molecule has 0 unspecified atom stereocenters. The summed E-state index contributed by atoms with van der Waals surface area (Å²) >= 11 is 0. The Bertz CT molecular complexity index is 666. The fourth-order valence-corrected chi connectivity index (χ4v) is 1.78. The van der Waals surface area contributed by atoms with E-state index in [2.05, 4.69) is 0 Å². The van der Waals surface area contributed by atoms with Crippen molar-refractivity contribution in [2.45, 2.75) is 13.3 Å². The third kappa shape index (κ3) is 3.26. The highest BCUT2D eigenvalue weighted by molar-refractivity contribution is 5.92. The Balaban J connectivity index is 2.13. The molecule has 1 heterocycles. The molecule has 1 N–H and O–H groups in total. The van der Waals surface area contributed by atoms with Gasteiger partial charge in [0, 0.05) is 5.39 Å². The lowest BCUT2D eigenvalue weighted by Crippen LogP contribution is -2.01. The minimum Gasteiger partial charge on any atom is -0.475 e. The summed E-state index contributed by atoms with van der Waals surface area (Å²) in [5.74, 6) is -1.46. The molecule has 1 aromatic carbocycles. The van der Waals surface area contributed by atoms with E-state index in [1.165, 1.54) is 6.07 Å². The Labute approximate surface area is 115 Å². The molecule has 0 saturated carbocycles. The SMILES string of the molecule is CCOC(=O)CC=Cc1ccc2oc(C(=O)O)cc2c1. The second-order valence-electron chi connectivity index (χ2n) is 4.12. The maximum absolute atomic E-state index is 11.2. The van der Waals surface area contributed by atoms with Crippen LogP contribution in [0.4, 0.5) is 0 Å². The number of hydrogen-bond acceptors (Lipinski definition) is 4. The average molecular weight is 274 g/mol. The van der Waals surface area contributed by atoms with Crippen LogP contribution in [0, 0.1) is 0 Å². The molecular weight excluding hydrogens is 260 g/mol. The summed E-state index contributed by atoms with van der Waals surface area (Å²) in [6.07, 6.45) is 3.69. The summed E-state index contributed by atoms with van der Waals surface area (Å²) in [5.41, 5.74) is 1.38. The van der Waals surface area contributed by atoms with Gasteiger partial charge in [0.2, 0.25) is 5.76 Å². The Morgan fingerprint density at radius 1 is 1.35 bits per heavy atom. The maximum atomic E-state index is 11.2. The lowest BCUT2D eigenvalue weighted by Gasteiger charge is -1.97. The largest absolute Gasteiger partial charge is 0.475 e. The molecule has 0 spiro atoms. The molecule has 0 aliphatic rings. The van der Waals surface area contributed by atoms with Gasteiger partial charge in [-0.05, 0) is 30.7 Å². The standard InChI is InChI=1S/C15H14O5/c1-2-19-14(16)5-3-4-10-6-7-12-11(8-10)9-13(20-12)15(17)18/h3-4,6-9H,2,5H2,1H3,(H,17,18). The molecule has 2 rings (SSSR count). The number of carboxylic acid groups (broad SMARTS) is 1. The number of furan rings is 1. The number of carbonyl (C=O) groups excluding carboxylic acids is 1. The van der Waals surface area contributed by atoms with Crippen LogP contribution in [0.15, 0.2) is 34.8 Å². The number of fused-ring (bicyclic) bond motifs is 1. The minimum absolute atomic E-state index is 0.0901. The van der Waals surface area contributed by atoms with E-state index >= 15 is 0 Å². The van der Waals surface area contributed by atoms with E-state index < -0.39 is 5.97 Å². The van der Waals surface area contributed by atoms with E-state index in [1.807, 2.05) is 0 Å². The van der Waals surface area contributed by atoms with Gasteiger partial charge in [-0.15, -0.1) is 0 Å². The van der Waals surface area contributed by atoms with Crippen molar-refractivity contribution in [1.82, 2.24) is 0 Å². The minimum atomic E-state index is -1.10. The van der Waals surface area contributed by atoms with E-state index in [0.717, 1.165) is 5.56 Å². The first-order valence-corrected chi connectivity index (χ1v) is 6.19. The molecule has 0 fully saturated rings. The average Bonchev–Trinajstić information content (AvgIpc) is 2.82. The summed E-state index contributed by atoms with van der Waals surface area (Å²) in [4.78, 5) is 22.0. The molecule has 0 radical (unpaired) electrons. The van der Waals surface area contributed by atoms with Crippen LogP contribution in [-0.2, 0) is 9.53 Å². The molecule has 0 bridgehead atoms. The molecule has 0 aliphatic carbocycles. The fraction of sp³-hybridized carbons (Fsp3) is 0.200. The van der Waals surface area contributed by atoms with E-state index in [0.29, 0.717) is 17.6 Å². The van der Waals surface area contributed by atoms with Gasteiger partial charge in [0.15, 0.2) is 0 Å². The zero-order valence-electron chi connectivity index (χ0n) is 11.0. The Morgan fingerprint density at radius 2 is 2.15 bits per heavy atom. The number of carbonyl (C=O) groups is 2. The highest BCUT2D eigenvalue weighted by atomic mass is 16.5. The topological polar surface area (TPSA) is 76.7 Å². The predicted octanol–water partition coefficient (Wildman–Crippen LogP) is 3.10. The van der Waals surface area contributed by atoms with Crippen molar-refractivity contribution in [1.29, 1.82) is 0 Å². The van der Waals surface area contributed by atoms with Crippen LogP contribution >= 0.6 is 0 Å². The number of carboxylic acids is 1. The second kappa shape index (κ2) is 6.06. The molecule has 5 heteroatoms. The van der Waals surface area contributed by atoms with Gasteiger partial charge < -0.3 is 14.3 Å². The van der Waals surface area contributed by atoms with Gasteiger partial charge >= 0.3 is 11.9 Å². The highest BCUT2D eigenvalue weighted by Gasteiger charge is 2.10. The van der Waals surface area contributed by atoms with Crippen LogP contribution in [-0.4, -0.2) is 23.7 Å². The number of ether oxygens (including phenoxy) is 1. The van der Waals surface area contributed by atoms with Crippen molar-refractivity contribution in [2.75, 3.05) is 6.61 Å². The zero-order valence-corrected chi connectivity index (χ0v) is 11.0. The lowest BCUT2D eigenvalue weighted by molar-refractivity contribution is -0.142. The van der Waals surface area contributed by atoms with Gasteiger partial charge in [-0.25, -0.2) is 4.79 Å². The maximum Gasteiger partial charge on any atom is 0.371 e. The summed E-state index contributed by atoms with van der Waals surface area (Å²) in [6.45, 7) is 2.13. The number of hydrogen-bond donors (Lipinski definition) is 1. The molecule has 5 nitrogen and oxygen atoms in total. The van der Waals surface area contributed by atoms with Crippen molar-refractivity contribution in [2.24, 2.45) is 0 Å². The first-order valence-electron chi connectivity index (χ1n) is 6.19. The number of esters is 1. The van der Waals surface area contributed by atoms with Gasteiger partial charge in [0.1, 0.15) is 5.58 Å². The normalized spacial score (nSPS) is 11.1. The third-order valence-corrected chi connectivity index (χ3v) is 2.65. The van der Waals surface area contributed by atoms with Crippen molar-refractivity contribution >= 4 is 29.0 Å². The molecular formula is C15H14O5. The van der Waals surface area contributed by atoms with Crippen LogP contribution in [0.2, 0.25) is 0 Å². The fourth-order valence-electron chi connectivity index (χ4n) is 1.78. The van der Waals surface area contributed by atoms with Gasteiger partial charge in [-0.2, -0.15) is 0 Å². The summed E-state index contributed by atoms with van der Waals surface area (Å²) in [6, 6.07) is 6.76. The van der Waals surface area contributed by atoms with Crippen molar-refractivity contribution in [3.63, 3.8) is 0 Å². The monoisotopic (exact) mass is 274 g/mol. The molecule has 2 aromatic rings. The molecule has 0 atom stereocenters. The Kier molecular flexibility index (Phi) is 4.20. The van der Waals surface area contributed by atoms with Crippen LogP contribution in [0.1, 0.15) is 29.5 Å². The number of aromatic carboxylic acids is 1. The van der Waals surface area contributed by atoms with E-state index in [-0.39, 0.29) is 18.2 Å². The Hall–Kier alpha value is -2.56. The van der Waals surface area contributed by atoms with Crippen LogP contribution < -0.4 is 0 Å². The second-order valence-corrected chi connectivity index (χ2v) is 4.12. The van der Waals surface area contributed by atoms with Crippen molar-refractivity contribution in [3.8, 4) is 0 Å². The first-order chi connectivity index (χ1) is 9.60. The van der Waals surface area contributed by atoms with Gasteiger partial charge in [0.05, 0.1) is 13.0 Å². The Morgan fingerprint density at radius 3 is 2.85 bits per heavy atom. The van der Waals surface area contributed by atoms with E-state index in [4.69, 9.17) is 14.3 Å². The molecule has 104 valence electrons. The highest BCUT2D eigenvalue weighted by Crippen LogP contribution is 2.21. The smallest absolute Gasteiger partial charge is 0.371 e.